The van der Waals surface area contributed by atoms with Crippen molar-refractivity contribution in [3.05, 3.63) is 69.9 Å². The van der Waals surface area contributed by atoms with Crippen LogP contribution in [0.2, 0.25) is 5.02 Å². The van der Waals surface area contributed by atoms with Crippen LogP contribution >= 0.6 is 11.6 Å². The molecule has 0 aliphatic heterocycles. The number of halogens is 1. The molecule has 3 rings (SSSR count). The summed E-state index contributed by atoms with van der Waals surface area (Å²) < 4.78 is 5.74. The molecular formula is C20H16ClN5O2. The van der Waals surface area contributed by atoms with Gasteiger partial charge in [-0.3, -0.25) is 0 Å². The van der Waals surface area contributed by atoms with Gasteiger partial charge in [0, 0.05) is 11.3 Å². The second kappa shape index (κ2) is 8.10. The fraction of sp³-hybridized carbons (Fsp3) is 0.200. The number of aliphatic hydroxyl groups excluding tert-OH is 1. The minimum atomic E-state index is -0.840. The summed E-state index contributed by atoms with van der Waals surface area (Å²) in [6, 6.07) is 11.5. The molecule has 0 amide bonds. The first-order chi connectivity index (χ1) is 13.4. The maximum absolute atomic E-state index is 10.2. The van der Waals surface area contributed by atoms with Gasteiger partial charge in [-0.05, 0) is 49.7 Å². The van der Waals surface area contributed by atoms with Gasteiger partial charge < -0.3 is 14.8 Å². The molecule has 1 heterocycles. The summed E-state index contributed by atoms with van der Waals surface area (Å²) in [6.07, 6.45) is -0.840. The lowest BCUT2D eigenvalue weighted by molar-refractivity contribution is 0.159. The number of nitrogens with zero attached hydrogens (tertiary/aromatic N) is 4. The van der Waals surface area contributed by atoms with Crippen molar-refractivity contribution in [1.82, 2.24) is 10.2 Å². The summed E-state index contributed by atoms with van der Waals surface area (Å²) in [5, 5.41) is 30.7. The molecular weight excluding hydrogens is 378 g/mol. The zero-order valence-electron chi connectivity index (χ0n) is 15.1. The van der Waals surface area contributed by atoms with Crippen LogP contribution in [0.25, 0.3) is 16.3 Å². The molecule has 0 bridgehead atoms. The third-order valence-corrected chi connectivity index (χ3v) is 4.72. The van der Waals surface area contributed by atoms with Crippen LogP contribution in [-0.4, -0.2) is 21.4 Å². The Labute approximate surface area is 167 Å². The van der Waals surface area contributed by atoms with E-state index in [1.54, 1.807) is 50.2 Å². The van der Waals surface area contributed by atoms with E-state index in [0.717, 1.165) is 0 Å². The largest absolute Gasteiger partial charge is 0.418 e. The number of aromatic nitrogens is 2. The van der Waals surface area contributed by atoms with Crippen LogP contribution in [-0.2, 0) is 0 Å². The van der Waals surface area contributed by atoms with Gasteiger partial charge in [-0.25, -0.2) is 4.85 Å². The lowest BCUT2D eigenvalue weighted by Gasteiger charge is -2.21. The molecule has 140 valence electrons. The Kier molecular flexibility index (Phi) is 5.60. The zero-order valence-corrected chi connectivity index (χ0v) is 15.9. The summed E-state index contributed by atoms with van der Waals surface area (Å²) in [6.45, 7) is 10.5. The average molecular weight is 394 g/mol. The minimum Gasteiger partial charge on any atom is -0.418 e. The quantitative estimate of drug-likeness (QED) is 0.612. The Morgan fingerprint density at radius 3 is 2.57 bits per heavy atom. The van der Waals surface area contributed by atoms with Gasteiger partial charge in [0.05, 0.1) is 29.3 Å². The SMILES string of the molecule is [C-]#[N+]c1ccc(N[C@@H](c2nnc(-c3ccc(C#N)cc3)o2)[C@H](C)O)c(C)c1Cl. The number of nitriles is 1. The number of nitrogens with one attached hydrogen (secondary N) is 1. The third kappa shape index (κ3) is 3.81. The lowest BCUT2D eigenvalue weighted by atomic mass is 10.1. The predicted octanol–water partition coefficient (Wildman–Crippen LogP) is 4.65. The van der Waals surface area contributed by atoms with Gasteiger partial charge in [-0.2, -0.15) is 5.26 Å². The molecule has 0 aliphatic carbocycles. The smallest absolute Gasteiger partial charge is 0.247 e. The van der Waals surface area contributed by atoms with Crippen LogP contribution in [0.3, 0.4) is 0 Å². The monoisotopic (exact) mass is 393 g/mol. The summed E-state index contributed by atoms with van der Waals surface area (Å²) in [7, 11) is 0. The highest BCUT2D eigenvalue weighted by Crippen LogP contribution is 2.35. The van der Waals surface area contributed by atoms with E-state index >= 15 is 0 Å². The van der Waals surface area contributed by atoms with E-state index in [1.165, 1.54) is 0 Å². The van der Waals surface area contributed by atoms with E-state index in [0.29, 0.717) is 33.1 Å². The van der Waals surface area contributed by atoms with Crippen LogP contribution < -0.4 is 5.32 Å². The van der Waals surface area contributed by atoms with E-state index in [1.807, 2.05) is 0 Å². The van der Waals surface area contributed by atoms with Crippen molar-refractivity contribution in [3.8, 4) is 17.5 Å². The van der Waals surface area contributed by atoms with Gasteiger partial charge in [0.25, 0.3) is 0 Å². The number of hydrogen-bond donors (Lipinski definition) is 2. The molecule has 3 aromatic rings. The van der Waals surface area contributed by atoms with Crippen molar-refractivity contribution < 1.29 is 9.52 Å². The molecule has 0 fully saturated rings. The zero-order chi connectivity index (χ0) is 20.3. The first-order valence-electron chi connectivity index (χ1n) is 8.39. The number of benzene rings is 2. The standard InChI is InChI=1S/C20H16ClN5O2/c1-11-15(8-9-16(23-3)17(11)21)24-18(12(2)27)20-26-25-19(28-20)14-6-4-13(10-22)5-7-14/h4-9,12,18,24,27H,1-2H3/t12-,18+/m0/s1. The fourth-order valence-corrected chi connectivity index (χ4v) is 2.84. The summed E-state index contributed by atoms with van der Waals surface area (Å²) in [4.78, 5) is 3.37. The van der Waals surface area contributed by atoms with Crippen LogP contribution in [0.4, 0.5) is 11.4 Å². The average Bonchev–Trinajstić information content (AvgIpc) is 3.18. The molecule has 0 aliphatic rings. The predicted molar refractivity (Wildman–Crippen MR) is 105 cm³/mol. The van der Waals surface area contributed by atoms with Crippen molar-refractivity contribution in [2.24, 2.45) is 0 Å². The molecule has 0 spiro atoms. The molecule has 0 saturated carbocycles. The van der Waals surface area contributed by atoms with Gasteiger partial charge in [-0.15, -0.1) is 10.2 Å². The third-order valence-electron chi connectivity index (χ3n) is 4.25. The maximum atomic E-state index is 10.2. The lowest BCUT2D eigenvalue weighted by Crippen LogP contribution is -2.23. The molecule has 2 aromatic carbocycles. The molecule has 8 heteroatoms. The minimum absolute atomic E-state index is 0.208. The van der Waals surface area contributed by atoms with Crippen LogP contribution in [0.1, 0.15) is 30.0 Å². The number of hydrogen-bond acceptors (Lipinski definition) is 6. The van der Waals surface area contributed by atoms with E-state index in [4.69, 9.17) is 27.9 Å². The molecule has 2 atom stereocenters. The molecule has 0 radical (unpaired) electrons. The van der Waals surface area contributed by atoms with Gasteiger partial charge in [0.1, 0.15) is 6.04 Å². The molecule has 0 unspecified atom stereocenters. The molecule has 1 aromatic heterocycles. The van der Waals surface area contributed by atoms with Gasteiger partial charge >= 0.3 is 0 Å². The second-order valence-electron chi connectivity index (χ2n) is 6.18. The van der Waals surface area contributed by atoms with Crippen molar-refractivity contribution in [1.29, 1.82) is 5.26 Å². The van der Waals surface area contributed by atoms with Gasteiger partial charge in [0.15, 0.2) is 0 Å². The highest BCUT2D eigenvalue weighted by atomic mass is 35.5. The summed E-state index contributed by atoms with van der Waals surface area (Å²) >= 11 is 6.23. The van der Waals surface area contributed by atoms with Crippen LogP contribution in [0.15, 0.2) is 40.8 Å². The normalized spacial score (nSPS) is 12.6. The second-order valence-corrected chi connectivity index (χ2v) is 6.56. The highest BCUT2D eigenvalue weighted by molar-refractivity contribution is 6.34. The van der Waals surface area contributed by atoms with E-state index in [2.05, 4.69) is 26.4 Å². The number of aliphatic hydroxyl groups is 1. The molecule has 0 saturated heterocycles. The fourth-order valence-electron chi connectivity index (χ4n) is 2.63. The topological polar surface area (TPSA) is 99.3 Å². The van der Waals surface area contributed by atoms with Crippen LogP contribution in [0, 0.1) is 24.8 Å². The first-order valence-corrected chi connectivity index (χ1v) is 8.77. The number of rotatable bonds is 5. The number of anilines is 1. The van der Waals surface area contributed by atoms with Gasteiger partial charge in [-0.1, -0.05) is 17.7 Å². The van der Waals surface area contributed by atoms with Crippen molar-refractivity contribution in [2.45, 2.75) is 26.0 Å². The van der Waals surface area contributed by atoms with E-state index in [-0.39, 0.29) is 11.8 Å². The van der Waals surface area contributed by atoms with E-state index in [9.17, 15) is 5.11 Å². The van der Waals surface area contributed by atoms with E-state index < -0.39 is 12.1 Å². The van der Waals surface area contributed by atoms with Gasteiger partial charge in [0.2, 0.25) is 17.5 Å². The molecule has 28 heavy (non-hydrogen) atoms. The van der Waals surface area contributed by atoms with Crippen LogP contribution in [0.5, 0.6) is 0 Å². The van der Waals surface area contributed by atoms with Crippen molar-refractivity contribution in [3.63, 3.8) is 0 Å². The Hall–Kier alpha value is -3.39. The van der Waals surface area contributed by atoms with Crippen molar-refractivity contribution >= 4 is 23.0 Å². The summed E-state index contributed by atoms with van der Waals surface area (Å²) in [5.41, 5.74) is 2.90. The van der Waals surface area contributed by atoms with Crippen molar-refractivity contribution in [2.75, 3.05) is 5.32 Å². The summed E-state index contributed by atoms with van der Waals surface area (Å²) in [5.74, 6) is 0.490. The Morgan fingerprint density at radius 2 is 1.96 bits per heavy atom. The maximum Gasteiger partial charge on any atom is 0.247 e. The Balaban J connectivity index is 1.90. The highest BCUT2D eigenvalue weighted by Gasteiger charge is 2.25. The Bertz CT molecular complexity index is 1080. The Morgan fingerprint density at radius 1 is 1.25 bits per heavy atom. The molecule has 2 N–H and O–H groups in total. The molecule has 7 nitrogen and oxygen atoms in total. The first kappa shape index (κ1) is 19.4.